The van der Waals surface area contributed by atoms with Gasteiger partial charge in [0.25, 0.3) is 0 Å². The monoisotopic (exact) mass is 459 g/mol. The van der Waals surface area contributed by atoms with Crippen molar-refractivity contribution in [1.82, 2.24) is 13.8 Å². The molecule has 0 atom stereocenters. The van der Waals surface area contributed by atoms with Crippen LogP contribution in [0.3, 0.4) is 0 Å². The Hall–Kier alpha value is -2.00. The molecule has 2 fully saturated rings. The standard InChI is InChI=1S/C24H33N3O4S/c1-18-7-9-25(10-8-18)17-24(28)23-15-19(2)27(20(23)3)21-5-4-6-22(16-21)32(29,30)26-11-13-31-14-12-26/h4-6,15-16,18H,7-14,17H2,1-3H3. The Morgan fingerprint density at radius 3 is 2.44 bits per heavy atom. The molecule has 2 aliphatic rings. The maximum absolute atomic E-state index is 13.1. The zero-order chi connectivity index (χ0) is 22.9. The molecule has 0 amide bonds. The minimum atomic E-state index is -3.59. The van der Waals surface area contributed by atoms with Gasteiger partial charge < -0.3 is 9.30 Å². The van der Waals surface area contributed by atoms with Crippen molar-refractivity contribution in [1.29, 1.82) is 0 Å². The van der Waals surface area contributed by atoms with E-state index in [-0.39, 0.29) is 10.7 Å². The highest BCUT2D eigenvalue weighted by Crippen LogP contribution is 2.25. The van der Waals surface area contributed by atoms with Crippen LogP contribution in [-0.4, -0.2) is 73.9 Å². The number of aryl methyl sites for hydroxylation is 1. The van der Waals surface area contributed by atoms with E-state index in [0.717, 1.165) is 48.9 Å². The first-order valence-electron chi connectivity index (χ1n) is 11.4. The number of Topliss-reactive ketones (excluding diaryl/α,β-unsaturated/α-hetero) is 1. The highest BCUT2D eigenvalue weighted by atomic mass is 32.2. The van der Waals surface area contributed by atoms with E-state index in [4.69, 9.17) is 4.74 Å². The van der Waals surface area contributed by atoms with Gasteiger partial charge in [0.15, 0.2) is 5.78 Å². The second kappa shape index (κ2) is 9.47. The fraction of sp³-hybridized carbons (Fsp3) is 0.542. The Labute approximate surface area is 191 Å². The summed E-state index contributed by atoms with van der Waals surface area (Å²) in [5, 5.41) is 0. The summed E-state index contributed by atoms with van der Waals surface area (Å²) in [6.07, 6.45) is 2.27. The lowest BCUT2D eigenvalue weighted by Crippen LogP contribution is -2.40. The Bertz CT molecular complexity index is 1080. The van der Waals surface area contributed by atoms with Crippen LogP contribution < -0.4 is 0 Å². The Morgan fingerprint density at radius 2 is 1.75 bits per heavy atom. The summed E-state index contributed by atoms with van der Waals surface area (Å²) >= 11 is 0. The molecule has 4 rings (SSSR count). The summed E-state index contributed by atoms with van der Waals surface area (Å²) in [7, 11) is -3.59. The number of nitrogens with zero attached hydrogens (tertiary/aromatic N) is 3. The minimum Gasteiger partial charge on any atom is -0.379 e. The van der Waals surface area contributed by atoms with E-state index in [9.17, 15) is 13.2 Å². The Balaban J connectivity index is 1.59. The molecule has 3 heterocycles. The van der Waals surface area contributed by atoms with Crippen LogP contribution in [-0.2, 0) is 14.8 Å². The molecule has 2 saturated heterocycles. The first-order valence-corrected chi connectivity index (χ1v) is 12.8. The zero-order valence-electron chi connectivity index (χ0n) is 19.2. The lowest BCUT2D eigenvalue weighted by atomic mass is 9.99. The van der Waals surface area contributed by atoms with E-state index in [1.807, 2.05) is 30.5 Å². The smallest absolute Gasteiger partial charge is 0.243 e. The quantitative estimate of drug-likeness (QED) is 0.621. The van der Waals surface area contributed by atoms with Gasteiger partial charge in [0.05, 0.1) is 24.7 Å². The van der Waals surface area contributed by atoms with Gasteiger partial charge in [-0.1, -0.05) is 13.0 Å². The van der Waals surface area contributed by atoms with E-state index in [0.29, 0.717) is 38.4 Å². The molecule has 2 aromatic rings. The van der Waals surface area contributed by atoms with Crippen molar-refractivity contribution in [3.8, 4) is 5.69 Å². The SMILES string of the molecule is Cc1cc(C(=O)CN2CCC(C)CC2)c(C)n1-c1cccc(S(=O)(=O)N2CCOCC2)c1. The van der Waals surface area contributed by atoms with Crippen molar-refractivity contribution in [2.24, 2.45) is 5.92 Å². The summed E-state index contributed by atoms with van der Waals surface area (Å²) < 4.78 is 34.9. The van der Waals surface area contributed by atoms with Gasteiger partial charge in [-0.25, -0.2) is 8.42 Å². The van der Waals surface area contributed by atoms with Crippen LogP contribution in [0.4, 0.5) is 0 Å². The molecule has 0 aliphatic carbocycles. The number of hydrogen-bond acceptors (Lipinski definition) is 5. The predicted octanol–water partition coefficient (Wildman–Crippen LogP) is 3.03. The lowest BCUT2D eigenvalue weighted by Gasteiger charge is -2.29. The molecule has 0 saturated carbocycles. The van der Waals surface area contributed by atoms with E-state index in [2.05, 4.69) is 11.8 Å². The number of ketones is 1. The van der Waals surface area contributed by atoms with Crippen molar-refractivity contribution >= 4 is 15.8 Å². The normalized spacial score (nSPS) is 19.3. The van der Waals surface area contributed by atoms with Crippen molar-refractivity contribution in [3.05, 3.63) is 47.3 Å². The molecule has 8 heteroatoms. The number of likely N-dealkylation sites (tertiary alicyclic amines) is 1. The van der Waals surface area contributed by atoms with Crippen LogP contribution in [0, 0.1) is 19.8 Å². The number of morpholine rings is 1. The van der Waals surface area contributed by atoms with Crippen LogP contribution in [0.1, 0.15) is 41.5 Å². The minimum absolute atomic E-state index is 0.121. The molecular weight excluding hydrogens is 426 g/mol. The third kappa shape index (κ3) is 4.69. The van der Waals surface area contributed by atoms with E-state index >= 15 is 0 Å². The van der Waals surface area contributed by atoms with Crippen molar-refractivity contribution in [3.63, 3.8) is 0 Å². The number of sulfonamides is 1. The maximum atomic E-state index is 13.1. The topological polar surface area (TPSA) is 71.9 Å². The highest BCUT2D eigenvalue weighted by Gasteiger charge is 2.27. The van der Waals surface area contributed by atoms with Crippen LogP contribution in [0.25, 0.3) is 5.69 Å². The van der Waals surface area contributed by atoms with Crippen molar-refractivity contribution in [2.75, 3.05) is 45.9 Å². The molecular formula is C24H33N3O4S. The zero-order valence-corrected chi connectivity index (χ0v) is 20.0. The number of carbonyl (C=O) groups is 1. The largest absolute Gasteiger partial charge is 0.379 e. The second-order valence-electron chi connectivity index (χ2n) is 9.02. The number of benzene rings is 1. The summed E-state index contributed by atoms with van der Waals surface area (Å²) in [6, 6.07) is 8.90. The summed E-state index contributed by atoms with van der Waals surface area (Å²) in [5.74, 6) is 0.850. The Morgan fingerprint density at radius 1 is 1.06 bits per heavy atom. The van der Waals surface area contributed by atoms with Gasteiger partial charge in [0, 0.05) is 35.7 Å². The number of ether oxygens (including phenoxy) is 1. The fourth-order valence-corrected chi connectivity index (χ4v) is 6.12. The molecule has 0 bridgehead atoms. The van der Waals surface area contributed by atoms with Gasteiger partial charge in [-0.3, -0.25) is 9.69 Å². The van der Waals surface area contributed by atoms with E-state index < -0.39 is 10.0 Å². The summed E-state index contributed by atoms with van der Waals surface area (Å²) in [6.45, 7) is 10.1. The van der Waals surface area contributed by atoms with Crippen LogP contribution in [0.2, 0.25) is 0 Å². The van der Waals surface area contributed by atoms with Crippen molar-refractivity contribution < 1.29 is 17.9 Å². The summed E-state index contributed by atoms with van der Waals surface area (Å²) in [4.78, 5) is 15.6. The second-order valence-corrected chi connectivity index (χ2v) is 11.0. The maximum Gasteiger partial charge on any atom is 0.243 e. The fourth-order valence-electron chi connectivity index (χ4n) is 4.67. The van der Waals surface area contributed by atoms with Crippen molar-refractivity contribution in [2.45, 2.75) is 38.5 Å². The van der Waals surface area contributed by atoms with E-state index in [1.54, 1.807) is 18.2 Å². The molecule has 1 aromatic heterocycles. The number of rotatable bonds is 6. The van der Waals surface area contributed by atoms with Crippen LogP contribution in [0.5, 0.6) is 0 Å². The molecule has 174 valence electrons. The van der Waals surface area contributed by atoms with Gasteiger partial charge in [-0.05, 0) is 70.0 Å². The number of aromatic nitrogens is 1. The third-order valence-electron chi connectivity index (χ3n) is 6.66. The first-order chi connectivity index (χ1) is 15.3. The first kappa shape index (κ1) is 23.2. The summed E-state index contributed by atoms with van der Waals surface area (Å²) in [5.41, 5.74) is 3.22. The van der Waals surface area contributed by atoms with Gasteiger partial charge >= 0.3 is 0 Å². The molecule has 7 nitrogen and oxygen atoms in total. The van der Waals surface area contributed by atoms with Crippen LogP contribution >= 0.6 is 0 Å². The lowest BCUT2D eigenvalue weighted by molar-refractivity contribution is 0.0730. The molecule has 1 aromatic carbocycles. The van der Waals surface area contributed by atoms with Gasteiger partial charge in [-0.2, -0.15) is 4.31 Å². The molecule has 0 N–H and O–H groups in total. The van der Waals surface area contributed by atoms with Crippen LogP contribution in [0.15, 0.2) is 35.2 Å². The predicted molar refractivity (Wildman–Crippen MR) is 124 cm³/mol. The molecule has 32 heavy (non-hydrogen) atoms. The molecule has 0 radical (unpaired) electrons. The molecule has 0 spiro atoms. The van der Waals surface area contributed by atoms with Gasteiger partial charge in [0.2, 0.25) is 10.0 Å². The van der Waals surface area contributed by atoms with Gasteiger partial charge in [0.1, 0.15) is 0 Å². The van der Waals surface area contributed by atoms with E-state index in [1.165, 1.54) is 4.31 Å². The third-order valence-corrected chi connectivity index (χ3v) is 8.55. The van der Waals surface area contributed by atoms with Gasteiger partial charge in [-0.15, -0.1) is 0 Å². The molecule has 0 unspecified atom stereocenters. The highest BCUT2D eigenvalue weighted by molar-refractivity contribution is 7.89. The number of piperidine rings is 1. The Kier molecular flexibility index (Phi) is 6.86. The molecule has 2 aliphatic heterocycles. The number of hydrogen-bond donors (Lipinski definition) is 0. The average molecular weight is 460 g/mol. The average Bonchev–Trinajstić information content (AvgIpc) is 3.10. The number of carbonyl (C=O) groups excluding carboxylic acids is 1.